The van der Waals surface area contributed by atoms with Gasteiger partial charge >= 0.3 is 0 Å². The summed E-state index contributed by atoms with van der Waals surface area (Å²) in [6, 6.07) is 29.4. The van der Waals surface area contributed by atoms with Crippen molar-refractivity contribution in [1.29, 1.82) is 0 Å². The molecule has 1 radical (unpaired) electrons. The van der Waals surface area contributed by atoms with Crippen molar-refractivity contribution in [3.8, 4) is 0 Å². The third kappa shape index (κ3) is 3.53. The fourth-order valence-corrected chi connectivity index (χ4v) is 6.87. The minimum atomic E-state index is -0.968. The lowest BCUT2D eigenvalue weighted by molar-refractivity contribution is 0.253. The first-order valence-electron chi connectivity index (χ1n) is 9.68. The standard InChI is InChI=1S/C24H26NSi/c1-2-3-17-25-18-20-11-7-9-15-23(20)26(22-13-5-4-6-14-22)24-16-10-8-12-21(24)19-25/h4-16H,2-3,17-19H2,1H3. The van der Waals surface area contributed by atoms with E-state index in [1.54, 1.807) is 10.4 Å². The van der Waals surface area contributed by atoms with Crippen molar-refractivity contribution in [2.24, 2.45) is 0 Å². The van der Waals surface area contributed by atoms with Crippen molar-refractivity contribution < 1.29 is 0 Å². The van der Waals surface area contributed by atoms with E-state index in [9.17, 15) is 0 Å². The van der Waals surface area contributed by atoms with Crippen molar-refractivity contribution in [1.82, 2.24) is 4.90 Å². The van der Waals surface area contributed by atoms with Crippen LogP contribution in [0.15, 0.2) is 78.9 Å². The SMILES string of the molecule is CCCCN1Cc2ccccc2[Si](c2ccccc2)c2ccccc2C1. The lowest BCUT2D eigenvalue weighted by atomic mass is 10.1. The van der Waals surface area contributed by atoms with E-state index in [1.807, 2.05) is 0 Å². The van der Waals surface area contributed by atoms with Crippen LogP contribution in [0.5, 0.6) is 0 Å². The molecular weight excluding hydrogens is 330 g/mol. The molecule has 0 amide bonds. The molecule has 0 aliphatic carbocycles. The summed E-state index contributed by atoms with van der Waals surface area (Å²) in [5, 5.41) is 4.59. The summed E-state index contributed by atoms with van der Waals surface area (Å²) in [4.78, 5) is 2.63. The average molecular weight is 357 g/mol. The topological polar surface area (TPSA) is 3.24 Å². The van der Waals surface area contributed by atoms with Gasteiger partial charge in [-0.2, -0.15) is 0 Å². The molecule has 0 saturated heterocycles. The first-order valence-corrected chi connectivity index (χ1v) is 11.2. The van der Waals surface area contributed by atoms with Gasteiger partial charge in [0.2, 0.25) is 0 Å². The van der Waals surface area contributed by atoms with E-state index in [4.69, 9.17) is 0 Å². The van der Waals surface area contributed by atoms with Gasteiger partial charge in [0.25, 0.3) is 0 Å². The summed E-state index contributed by atoms with van der Waals surface area (Å²) in [5.74, 6) is 0. The number of hydrogen-bond acceptors (Lipinski definition) is 1. The van der Waals surface area contributed by atoms with Crippen molar-refractivity contribution in [2.75, 3.05) is 6.54 Å². The highest BCUT2D eigenvalue weighted by molar-refractivity contribution is 6.96. The number of unbranched alkanes of at least 4 members (excludes halogenated alkanes) is 1. The Morgan fingerprint density at radius 2 is 1.27 bits per heavy atom. The Morgan fingerprint density at radius 1 is 0.731 bits per heavy atom. The van der Waals surface area contributed by atoms with E-state index in [2.05, 4.69) is 90.7 Å². The van der Waals surface area contributed by atoms with Gasteiger partial charge in [0.05, 0.1) is 0 Å². The summed E-state index contributed by atoms with van der Waals surface area (Å²) < 4.78 is 0. The molecule has 0 saturated carbocycles. The Morgan fingerprint density at radius 3 is 1.85 bits per heavy atom. The molecule has 131 valence electrons. The zero-order valence-electron chi connectivity index (χ0n) is 15.5. The van der Waals surface area contributed by atoms with Gasteiger partial charge in [0.15, 0.2) is 8.80 Å². The normalized spacial score (nSPS) is 15.0. The van der Waals surface area contributed by atoms with Gasteiger partial charge in [-0.1, -0.05) is 97.4 Å². The molecule has 0 atom stereocenters. The number of rotatable bonds is 4. The van der Waals surface area contributed by atoms with Crippen LogP contribution in [0, 0.1) is 0 Å². The third-order valence-electron chi connectivity index (χ3n) is 5.25. The zero-order chi connectivity index (χ0) is 17.8. The Kier molecular flexibility index (Phi) is 5.33. The molecule has 0 bridgehead atoms. The van der Waals surface area contributed by atoms with E-state index in [0.29, 0.717) is 0 Å². The van der Waals surface area contributed by atoms with E-state index in [1.165, 1.54) is 35.7 Å². The van der Waals surface area contributed by atoms with Crippen LogP contribution in [0.3, 0.4) is 0 Å². The molecule has 0 N–H and O–H groups in total. The highest BCUT2D eigenvalue weighted by Crippen LogP contribution is 2.14. The molecule has 1 heterocycles. The molecule has 0 aromatic heterocycles. The van der Waals surface area contributed by atoms with Gasteiger partial charge in [0, 0.05) is 13.1 Å². The molecular formula is C24H26NSi. The molecule has 1 aliphatic rings. The van der Waals surface area contributed by atoms with Crippen LogP contribution in [-0.2, 0) is 13.1 Å². The summed E-state index contributed by atoms with van der Waals surface area (Å²) in [7, 11) is -0.968. The van der Waals surface area contributed by atoms with E-state index < -0.39 is 8.80 Å². The summed E-state index contributed by atoms with van der Waals surface area (Å²) in [6.07, 6.45) is 2.51. The van der Waals surface area contributed by atoms with Crippen LogP contribution in [0.1, 0.15) is 30.9 Å². The monoisotopic (exact) mass is 356 g/mol. The minimum absolute atomic E-state index is 0.968. The summed E-state index contributed by atoms with van der Waals surface area (Å²) in [6.45, 7) is 5.58. The molecule has 2 heteroatoms. The maximum atomic E-state index is 2.63. The predicted molar refractivity (Wildman–Crippen MR) is 113 cm³/mol. The Labute approximate surface area is 158 Å². The second-order valence-corrected chi connectivity index (χ2v) is 9.52. The number of hydrogen-bond donors (Lipinski definition) is 0. The van der Waals surface area contributed by atoms with Gasteiger partial charge in [0.1, 0.15) is 0 Å². The fourth-order valence-electron chi connectivity index (χ4n) is 3.94. The van der Waals surface area contributed by atoms with Crippen LogP contribution in [-0.4, -0.2) is 20.2 Å². The summed E-state index contributed by atoms with van der Waals surface area (Å²) in [5.41, 5.74) is 3.02. The Balaban J connectivity index is 1.87. The van der Waals surface area contributed by atoms with Gasteiger partial charge in [-0.05, 0) is 34.5 Å². The molecule has 3 aromatic carbocycles. The lowest BCUT2D eigenvalue weighted by Crippen LogP contribution is -2.56. The zero-order valence-corrected chi connectivity index (χ0v) is 16.5. The minimum Gasteiger partial charge on any atom is -0.295 e. The second-order valence-electron chi connectivity index (χ2n) is 7.12. The van der Waals surface area contributed by atoms with Gasteiger partial charge in [-0.25, -0.2) is 0 Å². The molecule has 26 heavy (non-hydrogen) atoms. The van der Waals surface area contributed by atoms with E-state index >= 15 is 0 Å². The second kappa shape index (κ2) is 8.03. The smallest absolute Gasteiger partial charge is 0.155 e. The van der Waals surface area contributed by atoms with Crippen molar-refractivity contribution in [2.45, 2.75) is 32.9 Å². The highest BCUT2D eigenvalue weighted by atomic mass is 28.3. The van der Waals surface area contributed by atoms with E-state index in [0.717, 1.165) is 13.1 Å². The molecule has 0 fully saturated rings. The van der Waals surface area contributed by atoms with E-state index in [-0.39, 0.29) is 0 Å². The molecule has 0 spiro atoms. The molecule has 0 unspecified atom stereocenters. The maximum Gasteiger partial charge on any atom is 0.155 e. The number of nitrogens with zero attached hydrogens (tertiary/aromatic N) is 1. The van der Waals surface area contributed by atoms with Crippen molar-refractivity contribution in [3.05, 3.63) is 90.0 Å². The third-order valence-corrected chi connectivity index (χ3v) is 8.22. The van der Waals surface area contributed by atoms with Gasteiger partial charge in [-0.3, -0.25) is 4.90 Å². The predicted octanol–water partition coefficient (Wildman–Crippen LogP) is 3.32. The highest BCUT2D eigenvalue weighted by Gasteiger charge is 2.27. The Bertz CT molecular complexity index is 809. The van der Waals surface area contributed by atoms with Crippen LogP contribution >= 0.6 is 0 Å². The van der Waals surface area contributed by atoms with Crippen LogP contribution in [0.25, 0.3) is 0 Å². The maximum absolute atomic E-state index is 2.63. The van der Waals surface area contributed by atoms with Gasteiger partial charge < -0.3 is 0 Å². The Hall–Kier alpha value is -2.16. The molecule has 1 nitrogen and oxygen atoms in total. The van der Waals surface area contributed by atoms with Crippen LogP contribution < -0.4 is 15.6 Å². The van der Waals surface area contributed by atoms with Gasteiger partial charge in [-0.15, -0.1) is 0 Å². The number of benzene rings is 3. The van der Waals surface area contributed by atoms with Crippen molar-refractivity contribution in [3.63, 3.8) is 0 Å². The first kappa shape index (κ1) is 17.3. The molecule has 4 rings (SSSR count). The first-order chi connectivity index (χ1) is 12.9. The lowest BCUT2D eigenvalue weighted by Gasteiger charge is -2.31. The van der Waals surface area contributed by atoms with Crippen LogP contribution in [0.4, 0.5) is 0 Å². The van der Waals surface area contributed by atoms with Crippen molar-refractivity contribution >= 4 is 24.4 Å². The largest absolute Gasteiger partial charge is 0.295 e. The average Bonchev–Trinajstić information content (AvgIpc) is 2.68. The molecule has 1 aliphatic heterocycles. The summed E-state index contributed by atoms with van der Waals surface area (Å²) >= 11 is 0. The molecule has 3 aromatic rings. The van der Waals surface area contributed by atoms with Crippen LogP contribution in [0.2, 0.25) is 0 Å². The quantitative estimate of drug-likeness (QED) is 0.648. The fraction of sp³-hybridized carbons (Fsp3) is 0.250. The number of fused-ring (bicyclic) bond motifs is 2.